The van der Waals surface area contributed by atoms with Crippen LogP contribution in [0.2, 0.25) is 0 Å². The van der Waals surface area contributed by atoms with Gasteiger partial charge in [0.15, 0.2) is 0 Å². The molecule has 0 spiro atoms. The normalized spacial score (nSPS) is 15.0. The molecule has 5 rings (SSSR count). The summed E-state index contributed by atoms with van der Waals surface area (Å²) in [6.07, 6.45) is 2.08. The summed E-state index contributed by atoms with van der Waals surface area (Å²) < 4.78 is 0. The highest BCUT2D eigenvalue weighted by atomic mass is 32.2. The monoisotopic (exact) mass is 446 g/mol. The van der Waals surface area contributed by atoms with E-state index in [1.54, 1.807) is 11.8 Å². The van der Waals surface area contributed by atoms with Crippen molar-refractivity contribution in [2.75, 3.05) is 10.7 Å². The van der Waals surface area contributed by atoms with Crippen LogP contribution in [-0.4, -0.2) is 10.8 Å². The van der Waals surface area contributed by atoms with E-state index in [1.165, 1.54) is 0 Å². The van der Waals surface area contributed by atoms with E-state index in [1.807, 2.05) is 83.9 Å². The fraction of sp³-hybridized carbons (Fsp3) is 0. The number of hydrogen-bond acceptors (Lipinski definition) is 5. The third-order valence-corrected chi connectivity index (χ3v) is 6.14. The number of thioether (sulfide) groups is 1. The fourth-order valence-corrected chi connectivity index (χ4v) is 4.45. The first-order valence-corrected chi connectivity index (χ1v) is 11.5. The number of hydrazone groups is 1. The third-order valence-electron chi connectivity index (χ3n) is 5.13. The molecule has 0 fully saturated rings. The second-order valence-corrected chi connectivity index (χ2v) is 8.43. The van der Waals surface area contributed by atoms with Gasteiger partial charge in [-0.05, 0) is 42.1 Å². The zero-order valence-corrected chi connectivity index (χ0v) is 18.7. The molecule has 1 aliphatic rings. The summed E-state index contributed by atoms with van der Waals surface area (Å²) in [7, 11) is 0. The highest BCUT2D eigenvalue weighted by molar-refractivity contribution is 8.18. The SMILES string of the molecule is Nc1ccccc1N=C(/C=C1\SC(c2ccccc2)=NN1c1ccccc1)c1ccccc1. The Labute approximate surface area is 197 Å². The van der Waals surface area contributed by atoms with Gasteiger partial charge in [-0.3, -0.25) is 0 Å². The molecule has 0 radical (unpaired) electrons. The average Bonchev–Trinajstić information content (AvgIpc) is 3.30. The van der Waals surface area contributed by atoms with E-state index < -0.39 is 0 Å². The van der Waals surface area contributed by atoms with Gasteiger partial charge in [-0.25, -0.2) is 10.0 Å². The summed E-state index contributed by atoms with van der Waals surface area (Å²) in [5.74, 6) is 0. The standard InChI is InChI=1S/C28H22N4S/c29-24-18-10-11-19-25(24)30-26(21-12-4-1-5-13-21)20-27-32(23-16-8-3-9-17-23)31-28(33-27)22-14-6-2-7-15-22/h1-20H,29H2/b27-20-,30-26?. The van der Waals surface area contributed by atoms with Crippen molar-refractivity contribution in [2.24, 2.45) is 10.1 Å². The minimum atomic E-state index is 0.643. The summed E-state index contributed by atoms with van der Waals surface area (Å²) in [5, 5.41) is 8.83. The average molecular weight is 447 g/mol. The number of hydrogen-bond donors (Lipinski definition) is 1. The smallest absolute Gasteiger partial charge is 0.131 e. The largest absolute Gasteiger partial charge is 0.397 e. The molecule has 0 unspecified atom stereocenters. The number of nitrogens with two attached hydrogens (primary N) is 1. The van der Waals surface area contributed by atoms with Gasteiger partial charge in [0.05, 0.1) is 22.8 Å². The van der Waals surface area contributed by atoms with Gasteiger partial charge in [-0.2, -0.15) is 5.10 Å². The molecule has 160 valence electrons. The van der Waals surface area contributed by atoms with Gasteiger partial charge in [0, 0.05) is 11.1 Å². The van der Waals surface area contributed by atoms with E-state index in [9.17, 15) is 0 Å². The molecule has 0 bridgehead atoms. The molecule has 0 aromatic heterocycles. The van der Waals surface area contributed by atoms with E-state index >= 15 is 0 Å². The molecule has 1 aliphatic heterocycles. The Morgan fingerprint density at radius 2 is 1.36 bits per heavy atom. The maximum absolute atomic E-state index is 6.21. The number of anilines is 2. The number of allylic oxidation sites excluding steroid dienone is 1. The summed E-state index contributed by atoms with van der Waals surface area (Å²) in [6, 6.07) is 38.2. The van der Waals surface area contributed by atoms with Crippen molar-refractivity contribution in [3.8, 4) is 0 Å². The predicted octanol–water partition coefficient (Wildman–Crippen LogP) is 6.85. The molecule has 0 saturated carbocycles. The summed E-state index contributed by atoms with van der Waals surface area (Å²) >= 11 is 1.63. The number of rotatable bonds is 5. The molecule has 0 aliphatic carbocycles. The molecule has 4 aromatic carbocycles. The van der Waals surface area contributed by atoms with Crippen molar-refractivity contribution in [3.63, 3.8) is 0 Å². The number of nitrogens with zero attached hydrogens (tertiary/aromatic N) is 3. The van der Waals surface area contributed by atoms with Crippen LogP contribution < -0.4 is 10.7 Å². The number of nitrogen functional groups attached to an aromatic ring is 1. The minimum absolute atomic E-state index is 0.643. The summed E-state index contributed by atoms with van der Waals surface area (Å²) in [5.41, 5.74) is 11.5. The maximum Gasteiger partial charge on any atom is 0.131 e. The topological polar surface area (TPSA) is 54.0 Å². The second-order valence-electron chi connectivity index (χ2n) is 7.43. The van der Waals surface area contributed by atoms with E-state index in [0.717, 1.165) is 38.3 Å². The predicted molar refractivity (Wildman–Crippen MR) is 141 cm³/mol. The van der Waals surface area contributed by atoms with Crippen molar-refractivity contribution in [1.82, 2.24) is 0 Å². The van der Waals surface area contributed by atoms with Crippen LogP contribution in [-0.2, 0) is 0 Å². The summed E-state index contributed by atoms with van der Waals surface area (Å²) in [6.45, 7) is 0. The number of para-hydroxylation sites is 3. The van der Waals surface area contributed by atoms with Crippen molar-refractivity contribution in [1.29, 1.82) is 0 Å². The molecular formula is C28H22N4S. The molecule has 1 heterocycles. The first-order valence-electron chi connectivity index (χ1n) is 10.7. The molecule has 5 heteroatoms. The van der Waals surface area contributed by atoms with Crippen LogP contribution in [0.3, 0.4) is 0 Å². The molecule has 4 aromatic rings. The fourth-order valence-electron chi connectivity index (χ4n) is 3.47. The molecule has 0 atom stereocenters. The highest BCUT2D eigenvalue weighted by Crippen LogP contribution is 2.37. The molecular weight excluding hydrogens is 424 g/mol. The molecule has 0 saturated heterocycles. The van der Waals surface area contributed by atoms with Gasteiger partial charge in [0.25, 0.3) is 0 Å². The van der Waals surface area contributed by atoms with Crippen molar-refractivity contribution < 1.29 is 0 Å². The van der Waals surface area contributed by atoms with Crippen molar-refractivity contribution in [3.05, 3.63) is 137 Å². The zero-order chi connectivity index (χ0) is 22.5. The van der Waals surface area contributed by atoms with Gasteiger partial charge >= 0.3 is 0 Å². The number of benzene rings is 4. The number of aliphatic imine (C=N–C) groups is 1. The third kappa shape index (κ3) is 4.73. The minimum Gasteiger partial charge on any atom is -0.397 e. The van der Waals surface area contributed by atoms with Gasteiger partial charge in [0.1, 0.15) is 10.1 Å². The lowest BCUT2D eigenvalue weighted by atomic mass is 10.1. The van der Waals surface area contributed by atoms with Gasteiger partial charge < -0.3 is 5.73 Å². The van der Waals surface area contributed by atoms with Crippen LogP contribution in [0.4, 0.5) is 17.1 Å². The Hall–Kier alpha value is -4.09. The van der Waals surface area contributed by atoms with Gasteiger partial charge in [-0.15, -0.1) is 0 Å². The Morgan fingerprint density at radius 1 is 0.758 bits per heavy atom. The molecule has 4 nitrogen and oxygen atoms in total. The lowest BCUT2D eigenvalue weighted by molar-refractivity contribution is 1.08. The van der Waals surface area contributed by atoms with Crippen LogP contribution in [0.1, 0.15) is 11.1 Å². The van der Waals surface area contributed by atoms with E-state index in [0.29, 0.717) is 5.69 Å². The molecule has 2 N–H and O–H groups in total. The lowest BCUT2D eigenvalue weighted by Crippen LogP contribution is -2.11. The van der Waals surface area contributed by atoms with Gasteiger partial charge in [0.2, 0.25) is 0 Å². The van der Waals surface area contributed by atoms with Gasteiger partial charge in [-0.1, -0.05) is 91.0 Å². The Bertz CT molecular complexity index is 1330. The Kier molecular flexibility index (Phi) is 6.04. The van der Waals surface area contributed by atoms with Crippen LogP contribution in [0, 0.1) is 0 Å². The second kappa shape index (κ2) is 9.59. The first kappa shape index (κ1) is 20.8. The van der Waals surface area contributed by atoms with Crippen LogP contribution in [0.5, 0.6) is 0 Å². The Morgan fingerprint density at radius 3 is 2.06 bits per heavy atom. The van der Waals surface area contributed by atoms with E-state index in [-0.39, 0.29) is 0 Å². The van der Waals surface area contributed by atoms with Crippen LogP contribution in [0.25, 0.3) is 0 Å². The van der Waals surface area contributed by atoms with Crippen molar-refractivity contribution in [2.45, 2.75) is 0 Å². The molecule has 33 heavy (non-hydrogen) atoms. The first-order chi connectivity index (χ1) is 16.3. The Balaban J connectivity index is 1.62. The molecule has 0 amide bonds. The lowest BCUT2D eigenvalue weighted by Gasteiger charge is -2.16. The van der Waals surface area contributed by atoms with Crippen molar-refractivity contribution >= 4 is 39.6 Å². The van der Waals surface area contributed by atoms with E-state index in [2.05, 4.69) is 42.5 Å². The zero-order valence-electron chi connectivity index (χ0n) is 17.9. The van der Waals surface area contributed by atoms with Crippen LogP contribution >= 0.6 is 11.8 Å². The summed E-state index contributed by atoms with van der Waals surface area (Å²) in [4.78, 5) is 4.94. The van der Waals surface area contributed by atoms with E-state index in [4.69, 9.17) is 15.8 Å². The highest BCUT2D eigenvalue weighted by Gasteiger charge is 2.24. The quantitative estimate of drug-likeness (QED) is 0.269. The van der Waals surface area contributed by atoms with Crippen LogP contribution in [0.15, 0.2) is 136 Å². The maximum atomic E-state index is 6.21.